The molecule has 0 atom stereocenters. The minimum Gasteiger partial charge on any atom is -0.494 e. The topological polar surface area (TPSA) is 69.0 Å². The largest absolute Gasteiger partial charge is 0.494 e. The van der Waals surface area contributed by atoms with Gasteiger partial charge in [0, 0.05) is 11.6 Å². The Morgan fingerprint density at radius 1 is 1.19 bits per heavy atom. The van der Waals surface area contributed by atoms with Crippen LogP contribution in [-0.4, -0.2) is 27.5 Å². The molecule has 0 radical (unpaired) electrons. The molecule has 140 valence electrons. The summed E-state index contributed by atoms with van der Waals surface area (Å²) in [6.45, 7) is 6.69. The van der Waals surface area contributed by atoms with Crippen LogP contribution in [0, 0.1) is 13.8 Å². The van der Waals surface area contributed by atoms with Crippen LogP contribution in [0.1, 0.15) is 34.2 Å². The Hall–Kier alpha value is -2.86. The molecule has 27 heavy (non-hydrogen) atoms. The average Bonchev–Trinajstić information content (AvgIpc) is 3.05. The normalized spacial score (nSPS) is 10.7. The zero-order chi connectivity index (χ0) is 19.4. The van der Waals surface area contributed by atoms with Gasteiger partial charge in [-0.1, -0.05) is 35.0 Å². The SMILES string of the molecule is CCOc1ccc(CNC(=O)c2nnn(-c3ccc(C)c(Cl)c3)c2C)cc1. The molecule has 0 bridgehead atoms. The van der Waals surface area contributed by atoms with Crippen LogP contribution in [0.3, 0.4) is 0 Å². The van der Waals surface area contributed by atoms with Gasteiger partial charge in [-0.2, -0.15) is 0 Å². The third kappa shape index (κ3) is 4.28. The van der Waals surface area contributed by atoms with E-state index in [1.807, 2.05) is 50.2 Å². The first-order valence-electron chi connectivity index (χ1n) is 8.68. The van der Waals surface area contributed by atoms with Crippen LogP contribution in [0.15, 0.2) is 42.5 Å². The standard InChI is InChI=1S/C20H21ClN4O2/c1-4-27-17-9-6-15(7-10-17)12-22-20(26)19-14(3)25(24-23-19)16-8-5-13(2)18(21)11-16/h5-11H,4,12H2,1-3H3,(H,22,26). The number of hydrogen-bond acceptors (Lipinski definition) is 4. The van der Waals surface area contributed by atoms with Gasteiger partial charge in [0.2, 0.25) is 0 Å². The molecule has 1 N–H and O–H groups in total. The molecule has 1 aromatic heterocycles. The van der Waals surface area contributed by atoms with Crippen LogP contribution < -0.4 is 10.1 Å². The second-order valence-corrected chi connectivity index (χ2v) is 6.54. The van der Waals surface area contributed by atoms with Crippen molar-refractivity contribution in [2.24, 2.45) is 0 Å². The summed E-state index contributed by atoms with van der Waals surface area (Å²) < 4.78 is 7.02. The minimum atomic E-state index is -0.272. The molecule has 0 spiro atoms. The van der Waals surface area contributed by atoms with Gasteiger partial charge in [0.25, 0.3) is 5.91 Å². The molecule has 0 unspecified atom stereocenters. The number of aryl methyl sites for hydroxylation is 1. The van der Waals surface area contributed by atoms with Crippen molar-refractivity contribution in [2.75, 3.05) is 6.61 Å². The average molecular weight is 385 g/mol. The molecule has 0 fully saturated rings. The van der Waals surface area contributed by atoms with Crippen molar-refractivity contribution in [3.63, 3.8) is 0 Å². The van der Waals surface area contributed by atoms with Crippen LogP contribution in [0.4, 0.5) is 0 Å². The third-order valence-electron chi connectivity index (χ3n) is 4.20. The fraction of sp³-hybridized carbons (Fsp3) is 0.250. The zero-order valence-corrected chi connectivity index (χ0v) is 16.2. The van der Waals surface area contributed by atoms with Crippen LogP contribution in [0.5, 0.6) is 5.75 Å². The highest BCUT2D eigenvalue weighted by Gasteiger charge is 2.17. The number of nitrogens with one attached hydrogen (secondary N) is 1. The van der Waals surface area contributed by atoms with E-state index in [4.69, 9.17) is 16.3 Å². The van der Waals surface area contributed by atoms with Gasteiger partial charge in [-0.3, -0.25) is 4.79 Å². The molecule has 0 saturated heterocycles. The molecule has 1 heterocycles. The van der Waals surface area contributed by atoms with Gasteiger partial charge in [-0.15, -0.1) is 5.10 Å². The predicted octanol–water partition coefficient (Wildman–Crippen LogP) is 3.87. The highest BCUT2D eigenvalue weighted by Crippen LogP contribution is 2.20. The first-order valence-corrected chi connectivity index (χ1v) is 9.06. The second kappa shape index (κ2) is 8.22. The summed E-state index contributed by atoms with van der Waals surface area (Å²) >= 11 is 6.18. The van der Waals surface area contributed by atoms with Gasteiger partial charge in [-0.05, 0) is 56.2 Å². The molecule has 2 aromatic carbocycles. The lowest BCUT2D eigenvalue weighted by Gasteiger charge is -2.07. The molecule has 0 saturated carbocycles. The molecular formula is C20H21ClN4O2. The van der Waals surface area contributed by atoms with Crippen molar-refractivity contribution in [2.45, 2.75) is 27.3 Å². The number of nitrogens with zero attached hydrogens (tertiary/aromatic N) is 3. The maximum Gasteiger partial charge on any atom is 0.274 e. The number of benzene rings is 2. The van der Waals surface area contributed by atoms with Crippen molar-refractivity contribution >= 4 is 17.5 Å². The summed E-state index contributed by atoms with van der Waals surface area (Å²) in [7, 11) is 0. The molecule has 3 rings (SSSR count). The maximum atomic E-state index is 12.5. The Labute approximate surface area is 163 Å². The number of amides is 1. The summed E-state index contributed by atoms with van der Waals surface area (Å²) in [5.41, 5.74) is 3.66. The smallest absolute Gasteiger partial charge is 0.274 e. The number of carbonyl (C=O) groups excluding carboxylic acids is 1. The van der Waals surface area contributed by atoms with Crippen molar-refractivity contribution in [3.05, 3.63) is 70.0 Å². The van der Waals surface area contributed by atoms with E-state index >= 15 is 0 Å². The van der Waals surface area contributed by atoms with Crippen LogP contribution in [0.2, 0.25) is 5.02 Å². The van der Waals surface area contributed by atoms with Gasteiger partial charge < -0.3 is 10.1 Å². The number of aromatic nitrogens is 3. The molecule has 0 aliphatic heterocycles. The summed E-state index contributed by atoms with van der Waals surface area (Å²) in [4.78, 5) is 12.5. The lowest BCUT2D eigenvalue weighted by molar-refractivity contribution is 0.0945. The number of carbonyl (C=O) groups is 1. The lowest BCUT2D eigenvalue weighted by Crippen LogP contribution is -2.24. The van der Waals surface area contributed by atoms with Gasteiger partial charge in [0.05, 0.1) is 18.0 Å². The Morgan fingerprint density at radius 3 is 2.59 bits per heavy atom. The zero-order valence-electron chi connectivity index (χ0n) is 15.5. The van der Waals surface area contributed by atoms with E-state index in [2.05, 4.69) is 15.6 Å². The van der Waals surface area contributed by atoms with E-state index < -0.39 is 0 Å². The molecular weight excluding hydrogens is 364 g/mol. The predicted molar refractivity (Wildman–Crippen MR) is 105 cm³/mol. The number of halogens is 1. The third-order valence-corrected chi connectivity index (χ3v) is 4.60. The van der Waals surface area contributed by atoms with E-state index in [-0.39, 0.29) is 11.6 Å². The first-order chi connectivity index (χ1) is 13.0. The Kier molecular flexibility index (Phi) is 5.76. The summed E-state index contributed by atoms with van der Waals surface area (Å²) in [5, 5.41) is 11.6. The Morgan fingerprint density at radius 2 is 1.93 bits per heavy atom. The summed E-state index contributed by atoms with van der Waals surface area (Å²) in [6.07, 6.45) is 0. The first kappa shape index (κ1) is 18.9. The van der Waals surface area contributed by atoms with Gasteiger partial charge >= 0.3 is 0 Å². The van der Waals surface area contributed by atoms with E-state index in [0.29, 0.717) is 23.9 Å². The second-order valence-electron chi connectivity index (χ2n) is 6.13. The van der Waals surface area contributed by atoms with Crippen molar-refractivity contribution < 1.29 is 9.53 Å². The quantitative estimate of drug-likeness (QED) is 0.700. The van der Waals surface area contributed by atoms with Crippen LogP contribution >= 0.6 is 11.6 Å². The van der Waals surface area contributed by atoms with E-state index in [1.165, 1.54) is 0 Å². The highest BCUT2D eigenvalue weighted by molar-refractivity contribution is 6.31. The van der Waals surface area contributed by atoms with Crippen LogP contribution in [-0.2, 0) is 6.54 Å². The number of hydrogen-bond donors (Lipinski definition) is 1. The molecule has 1 amide bonds. The lowest BCUT2D eigenvalue weighted by atomic mass is 10.2. The minimum absolute atomic E-state index is 0.272. The van der Waals surface area contributed by atoms with Crippen molar-refractivity contribution in [1.29, 1.82) is 0 Å². The van der Waals surface area contributed by atoms with E-state index in [1.54, 1.807) is 17.7 Å². The van der Waals surface area contributed by atoms with Crippen molar-refractivity contribution in [1.82, 2.24) is 20.3 Å². The van der Waals surface area contributed by atoms with E-state index in [0.717, 1.165) is 22.6 Å². The molecule has 7 heteroatoms. The maximum absolute atomic E-state index is 12.5. The van der Waals surface area contributed by atoms with Gasteiger partial charge in [0.15, 0.2) is 5.69 Å². The fourth-order valence-electron chi connectivity index (χ4n) is 2.63. The van der Waals surface area contributed by atoms with Crippen molar-refractivity contribution in [3.8, 4) is 11.4 Å². The highest BCUT2D eigenvalue weighted by atomic mass is 35.5. The number of rotatable bonds is 6. The summed E-state index contributed by atoms with van der Waals surface area (Å²) in [6, 6.07) is 13.2. The van der Waals surface area contributed by atoms with Gasteiger partial charge in [-0.25, -0.2) is 4.68 Å². The van der Waals surface area contributed by atoms with E-state index in [9.17, 15) is 4.79 Å². The molecule has 3 aromatic rings. The monoisotopic (exact) mass is 384 g/mol. The fourth-order valence-corrected chi connectivity index (χ4v) is 2.81. The molecule has 0 aliphatic carbocycles. The summed E-state index contributed by atoms with van der Waals surface area (Å²) in [5.74, 6) is 0.536. The molecule has 6 nitrogen and oxygen atoms in total. The molecule has 0 aliphatic rings. The van der Waals surface area contributed by atoms with Gasteiger partial charge in [0.1, 0.15) is 5.75 Å². The Bertz CT molecular complexity index is 951. The van der Waals surface area contributed by atoms with Crippen LogP contribution in [0.25, 0.3) is 5.69 Å². The Balaban J connectivity index is 1.70. The number of ether oxygens (including phenoxy) is 1.